The highest BCUT2D eigenvalue weighted by Gasteiger charge is 2.16. The average Bonchev–Trinajstić information content (AvgIpc) is 3.07. The van der Waals surface area contributed by atoms with Crippen molar-refractivity contribution in [2.75, 3.05) is 0 Å². The highest BCUT2D eigenvalue weighted by atomic mass is 19.1. The summed E-state index contributed by atoms with van der Waals surface area (Å²) < 4.78 is 28.8. The van der Waals surface area contributed by atoms with Gasteiger partial charge < -0.3 is 5.32 Å². The molecule has 0 bridgehead atoms. The first-order valence-electron chi connectivity index (χ1n) is 9.09. The van der Waals surface area contributed by atoms with E-state index in [9.17, 15) is 8.78 Å². The summed E-state index contributed by atoms with van der Waals surface area (Å²) in [7, 11) is 0. The first-order valence-corrected chi connectivity index (χ1v) is 9.09. The van der Waals surface area contributed by atoms with Crippen molar-refractivity contribution in [2.24, 2.45) is 0 Å². The van der Waals surface area contributed by atoms with Gasteiger partial charge in [-0.15, -0.1) is 0 Å². The Labute approximate surface area is 161 Å². The van der Waals surface area contributed by atoms with Gasteiger partial charge in [0.15, 0.2) is 5.82 Å². The molecule has 0 amide bonds. The molecule has 0 saturated heterocycles. The van der Waals surface area contributed by atoms with Crippen LogP contribution in [0.2, 0.25) is 0 Å². The summed E-state index contributed by atoms with van der Waals surface area (Å²) in [5.41, 5.74) is 3.19. The molecule has 2 aromatic heterocycles. The first kappa shape index (κ1) is 18.3. The van der Waals surface area contributed by atoms with Gasteiger partial charge in [-0.25, -0.2) is 13.5 Å². The number of rotatable bonds is 5. The Bertz CT molecular complexity index is 1130. The van der Waals surface area contributed by atoms with Crippen molar-refractivity contribution in [1.29, 1.82) is 0 Å². The van der Waals surface area contributed by atoms with E-state index in [0.29, 0.717) is 6.54 Å². The van der Waals surface area contributed by atoms with Gasteiger partial charge in [0.25, 0.3) is 0 Å². The maximum Gasteiger partial charge on any atom is 0.151 e. The van der Waals surface area contributed by atoms with Crippen LogP contribution in [0, 0.1) is 18.6 Å². The minimum absolute atomic E-state index is 0.00866. The molecule has 0 aliphatic heterocycles. The molecule has 0 fully saturated rings. The fourth-order valence-corrected chi connectivity index (χ4v) is 3.46. The Hall–Kier alpha value is -3.12. The molecule has 4 aromatic rings. The van der Waals surface area contributed by atoms with Gasteiger partial charge in [-0.05, 0) is 43.0 Å². The molecule has 1 atom stereocenters. The second-order valence-corrected chi connectivity index (χ2v) is 6.81. The SMILES string of the molecule is Cc1c(C(C)NCc2cccc3cnccc23)cnn1-c1ccc(F)cc1F. The molecule has 0 radical (unpaired) electrons. The highest BCUT2D eigenvalue weighted by Crippen LogP contribution is 2.23. The molecule has 2 aromatic carbocycles. The molecular weight excluding hydrogens is 358 g/mol. The number of hydrogen-bond acceptors (Lipinski definition) is 3. The van der Waals surface area contributed by atoms with E-state index in [0.717, 1.165) is 28.1 Å². The topological polar surface area (TPSA) is 42.7 Å². The van der Waals surface area contributed by atoms with Gasteiger partial charge in [0.05, 0.1) is 6.20 Å². The first-order chi connectivity index (χ1) is 13.5. The molecule has 1 unspecified atom stereocenters. The van der Waals surface area contributed by atoms with E-state index in [-0.39, 0.29) is 11.7 Å². The van der Waals surface area contributed by atoms with Crippen molar-refractivity contribution in [2.45, 2.75) is 26.4 Å². The zero-order valence-electron chi connectivity index (χ0n) is 15.7. The van der Waals surface area contributed by atoms with Crippen LogP contribution in [0.25, 0.3) is 16.5 Å². The molecule has 28 heavy (non-hydrogen) atoms. The van der Waals surface area contributed by atoms with E-state index in [1.54, 1.807) is 12.4 Å². The summed E-state index contributed by atoms with van der Waals surface area (Å²) in [4.78, 5) is 4.17. The van der Waals surface area contributed by atoms with Gasteiger partial charge in [-0.2, -0.15) is 5.10 Å². The Morgan fingerprint density at radius 3 is 2.79 bits per heavy atom. The Morgan fingerprint density at radius 2 is 1.96 bits per heavy atom. The molecule has 0 saturated carbocycles. The summed E-state index contributed by atoms with van der Waals surface area (Å²) in [6, 6.07) is 11.7. The lowest BCUT2D eigenvalue weighted by Gasteiger charge is -2.15. The van der Waals surface area contributed by atoms with Gasteiger partial charge in [0.1, 0.15) is 11.5 Å². The van der Waals surface area contributed by atoms with Crippen LogP contribution < -0.4 is 5.32 Å². The Kier molecular flexibility index (Phi) is 4.88. The number of halogens is 2. The lowest BCUT2D eigenvalue weighted by molar-refractivity contribution is 0.567. The molecule has 6 heteroatoms. The molecule has 4 rings (SSSR count). The third kappa shape index (κ3) is 3.39. The third-order valence-corrected chi connectivity index (χ3v) is 5.02. The van der Waals surface area contributed by atoms with Crippen molar-refractivity contribution >= 4 is 10.8 Å². The van der Waals surface area contributed by atoms with Crippen LogP contribution in [0.15, 0.2) is 61.1 Å². The molecule has 0 spiro atoms. The van der Waals surface area contributed by atoms with E-state index >= 15 is 0 Å². The van der Waals surface area contributed by atoms with Crippen LogP contribution in [-0.2, 0) is 6.54 Å². The van der Waals surface area contributed by atoms with Gasteiger partial charge >= 0.3 is 0 Å². The van der Waals surface area contributed by atoms with Gasteiger partial charge in [0.2, 0.25) is 0 Å². The number of hydrogen-bond donors (Lipinski definition) is 1. The van der Waals surface area contributed by atoms with Crippen molar-refractivity contribution in [3.8, 4) is 5.69 Å². The predicted molar refractivity (Wildman–Crippen MR) is 105 cm³/mol. The van der Waals surface area contributed by atoms with E-state index in [4.69, 9.17) is 0 Å². The molecular formula is C22H20F2N4. The van der Waals surface area contributed by atoms with Gasteiger partial charge in [-0.1, -0.05) is 18.2 Å². The van der Waals surface area contributed by atoms with Crippen LogP contribution in [0.5, 0.6) is 0 Å². The van der Waals surface area contributed by atoms with Crippen LogP contribution in [0.4, 0.5) is 8.78 Å². The minimum Gasteiger partial charge on any atom is -0.306 e. The number of fused-ring (bicyclic) bond motifs is 1. The number of pyridine rings is 1. The zero-order chi connectivity index (χ0) is 19.7. The summed E-state index contributed by atoms with van der Waals surface area (Å²) in [6.45, 7) is 4.60. The number of benzene rings is 2. The summed E-state index contributed by atoms with van der Waals surface area (Å²) >= 11 is 0. The fourth-order valence-electron chi connectivity index (χ4n) is 3.46. The second-order valence-electron chi connectivity index (χ2n) is 6.81. The fraction of sp³-hybridized carbons (Fsp3) is 0.182. The van der Waals surface area contributed by atoms with Crippen LogP contribution in [-0.4, -0.2) is 14.8 Å². The number of nitrogens with zero attached hydrogens (tertiary/aromatic N) is 3. The molecule has 0 aliphatic rings. The second kappa shape index (κ2) is 7.48. The summed E-state index contributed by atoms with van der Waals surface area (Å²) in [5, 5.41) is 10.1. The molecule has 1 N–H and O–H groups in total. The number of nitrogens with one attached hydrogen (secondary N) is 1. The van der Waals surface area contributed by atoms with E-state index in [2.05, 4.69) is 21.5 Å². The smallest absolute Gasteiger partial charge is 0.151 e. The van der Waals surface area contributed by atoms with Crippen molar-refractivity contribution in [3.05, 3.63) is 89.5 Å². The lowest BCUT2D eigenvalue weighted by atomic mass is 10.1. The molecule has 0 aliphatic carbocycles. The van der Waals surface area contributed by atoms with E-state index in [1.807, 2.05) is 38.2 Å². The van der Waals surface area contributed by atoms with Crippen LogP contribution in [0.1, 0.15) is 29.8 Å². The zero-order valence-corrected chi connectivity index (χ0v) is 15.7. The Balaban J connectivity index is 1.56. The van der Waals surface area contributed by atoms with Crippen molar-refractivity contribution < 1.29 is 8.78 Å². The predicted octanol–water partition coefficient (Wildman–Crippen LogP) is 4.86. The quantitative estimate of drug-likeness (QED) is 0.539. The largest absolute Gasteiger partial charge is 0.306 e. The summed E-state index contributed by atoms with van der Waals surface area (Å²) in [5.74, 6) is -1.24. The molecule has 142 valence electrons. The van der Waals surface area contributed by atoms with Crippen LogP contribution in [0.3, 0.4) is 0 Å². The van der Waals surface area contributed by atoms with Crippen LogP contribution >= 0.6 is 0 Å². The molecule has 2 heterocycles. The average molecular weight is 378 g/mol. The van der Waals surface area contributed by atoms with E-state index < -0.39 is 11.6 Å². The monoisotopic (exact) mass is 378 g/mol. The lowest BCUT2D eigenvalue weighted by Crippen LogP contribution is -2.19. The number of aromatic nitrogens is 3. The molecule has 4 nitrogen and oxygen atoms in total. The highest BCUT2D eigenvalue weighted by molar-refractivity contribution is 5.84. The summed E-state index contributed by atoms with van der Waals surface area (Å²) in [6.07, 6.45) is 5.37. The van der Waals surface area contributed by atoms with Crippen molar-refractivity contribution in [3.63, 3.8) is 0 Å². The van der Waals surface area contributed by atoms with Gasteiger partial charge in [0, 0.05) is 47.7 Å². The third-order valence-electron chi connectivity index (χ3n) is 5.02. The normalized spacial score (nSPS) is 12.4. The van der Waals surface area contributed by atoms with E-state index in [1.165, 1.54) is 22.4 Å². The standard InChI is InChI=1S/C22H20F2N4/c1-14(26-12-17-5-3-4-16-11-25-9-8-19(16)17)20-13-27-28(15(20)2)22-7-6-18(23)10-21(22)24/h3-11,13-14,26H,12H2,1-2H3. The van der Waals surface area contributed by atoms with Gasteiger partial charge in [-0.3, -0.25) is 4.98 Å². The minimum atomic E-state index is -0.636. The Morgan fingerprint density at radius 1 is 1.11 bits per heavy atom. The maximum atomic E-state index is 14.1. The van der Waals surface area contributed by atoms with Crippen molar-refractivity contribution in [1.82, 2.24) is 20.1 Å². The maximum absolute atomic E-state index is 14.1.